The van der Waals surface area contributed by atoms with Crippen LogP contribution in [-0.4, -0.2) is 17.4 Å². The molecule has 0 atom stereocenters. The molecule has 20 heavy (non-hydrogen) atoms. The minimum atomic E-state index is -0.498. The summed E-state index contributed by atoms with van der Waals surface area (Å²) in [6.07, 6.45) is 0.934. The molecular weight excluding hydrogens is 278 g/mol. The maximum absolute atomic E-state index is 12.0. The molecule has 1 aromatic carbocycles. The fourth-order valence-corrected chi connectivity index (χ4v) is 2.84. The molecule has 0 bridgehead atoms. The zero-order chi connectivity index (χ0) is 14.1. The van der Waals surface area contributed by atoms with Crippen LogP contribution in [0.15, 0.2) is 30.3 Å². The van der Waals surface area contributed by atoms with Gasteiger partial charge in [0.15, 0.2) is 0 Å². The van der Waals surface area contributed by atoms with Crippen LogP contribution in [0.1, 0.15) is 15.2 Å². The van der Waals surface area contributed by atoms with Gasteiger partial charge in [0.05, 0.1) is 9.80 Å². The fraction of sp³-hybridized carbons (Fsp3) is 0.154. The highest BCUT2D eigenvalue weighted by molar-refractivity contribution is 7.17. The molecule has 2 heterocycles. The van der Waals surface area contributed by atoms with Crippen LogP contribution >= 0.6 is 11.3 Å². The van der Waals surface area contributed by atoms with E-state index in [-0.39, 0.29) is 10.9 Å². The molecule has 1 aliphatic heterocycles. The smallest absolute Gasteiger partial charge is 0.324 e. The summed E-state index contributed by atoms with van der Waals surface area (Å²) >= 11 is 0.870. The lowest BCUT2D eigenvalue weighted by Gasteiger charge is -2.06. The summed E-state index contributed by atoms with van der Waals surface area (Å²) in [5.74, 6) is -0.325. The van der Waals surface area contributed by atoms with E-state index in [2.05, 4.69) is 10.6 Å². The molecular formula is C13H11N3O3S. The first kappa shape index (κ1) is 12.6. The first-order chi connectivity index (χ1) is 9.63. The zero-order valence-electron chi connectivity index (χ0n) is 10.4. The highest BCUT2D eigenvalue weighted by Gasteiger charge is 2.16. The second kappa shape index (κ2) is 4.93. The van der Waals surface area contributed by atoms with Gasteiger partial charge in [-0.05, 0) is 36.2 Å². The van der Waals surface area contributed by atoms with Gasteiger partial charge in [0, 0.05) is 24.0 Å². The Labute approximate surface area is 118 Å². The van der Waals surface area contributed by atoms with Crippen molar-refractivity contribution in [3.05, 3.63) is 50.9 Å². The minimum Gasteiger partial charge on any atom is -0.384 e. The first-order valence-electron chi connectivity index (χ1n) is 6.06. The maximum Gasteiger partial charge on any atom is 0.324 e. The summed E-state index contributed by atoms with van der Waals surface area (Å²) in [6, 6.07) is 8.47. The molecule has 0 saturated carbocycles. The fourth-order valence-electron chi connectivity index (χ4n) is 2.12. The van der Waals surface area contributed by atoms with E-state index in [1.807, 2.05) is 18.2 Å². The Morgan fingerprint density at radius 1 is 1.35 bits per heavy atom. The number of benzene rings is 1. The van der Waals surface area contributed by atoms with Crippen molar-refractivity contribution in [1.29, 1.82) is 0 Å². The standard InChI is InChI=1S/C13H11N3O3S/c17-13(11-3-4-12(20-11)16(18)19)15-9-1-2-10-8(7-9)5-6-14-10/h1-4,7,14H,5-6H2,(H,15,17). The lowest BCUT2D eigenvalue weighted by molar-refractivity contribution is -0.380. The van der Waals surface area contributed by atoms with E-state index in [9.17, 15) is 14.9 Å². The molecule has 0 fully saturated rings. The molecule has 2 N–H and O–H groups in total. The van der Waals surface area contributed by atoms with Gasteiger partial charge in [0.1, 0.15) is 0 Å². The Balaban J connectivity index is 1.76. The van der Waals surface area contributed by atoms with Gasteiger partial charge in [0.2, 0.25) is 0 Å². The molecule has 7 heteroatoms. The Kier molecular flexibility index (Phi) is 3.11. The predicted molar refractivity (Wildman–Crippen MR) is 77.6 cm³/mol. The number of carbonyl (C=O) groups is 1. The lowest BCUT2D eigenvalue weighted by atomic mass is 10.1. The van der Waals surface area contributed by atoms with Crippen LogP contribution in [0.4, 0.5) is 16.4 Å². The van der Waals surface area contributed by atoms with Crippen LogP contribution in [0.3, 0.4) is 0 Å². The van der Waals surface area contributed by atoms with Crippen molar-refractivity contribution in [3.63, 3.8) is 0 Å². The quantitative estimate of drug-likeness (QED) is 0.672. The number of rotatable bonds is 3. The van der Waals surface area contributed by atoms with E-state index in [4.69, 9.17) is 0 Å². The summed E-state index contributed by atoms with van der Waals surface area (Å²) in [7, 11) is 0. The number of carbonyl (C=O) groups excluding carboxylic acids is 1. The predicted octanol–water partition coefficient (Wildman–Crippen LogP) is 2.88. The number of nitro groups is 1. The lowest BCUT2D eigenvalue weighted by Crippen LogP contribution is -2.10. The highest BCUT2D eigenvalue weighted by atomic mass is 32.1. The molecule has 0 spiro atoms. The van der Waals surface area contributed by atoms with Gasteiger partial charge >= 0.3 is 5.00 Å². The van der Waals surface area contributed by atoms with Crippen LogP contribution in [0.2, 0.25) is 0 Å². The molecule has 1 aromatic heterocycles. The van der Waals surface area contributed by atoms with E-state index in [0.29, 0.717) is 10.6 Å². The zero-order valence-corrected chi connectivity index (χ0v) is 11.2. The maximum atomic E-state index is 12.0. The molecule has 0 aliphatic carbocycles. The van der Waals surface area contributed by atoms with Gasteiger partial charge < -0.3 is 10.6 Å². The van der Waals surface area contributed by atoms with Crippen LogP contribution in [0.25, 0.3) is 0 Å². The summed E-state index contributed by atoms with van der Waals surface area (Å²) in [5.41, 5.74) is 2.96. The number of hydrogen-bond donors (Lipinski definition) is 2. The molecule has 0 unspecified atom stereocenters. The van der Waals surface area contributed by atoms with Crippen molar-refractivity contribution in [2.24, 2.45) is 0 Å². The van der Waals surface area contributed by atoms with E-state index in [1.54, 1.807) is 0 Å². The van der Waals surface area contributed by atoms with Crippen molar-refractivity contribution >= 4 is 33.6 Å². The van der Waals surface area contributed by atoms with Crippen LogP contribution in [0, 0.1) is 10.1 Å². The van der Waals surface area contributed by atoms with Gasteiger partial charge in [-0.3, -0.25) is 14.9 Å². The number of amides is 1. The van der Waals surface area contributed by atoms with Crippen LogP contribution in [0.5, 0.6) is 0 Å². The van der Waals surface area contributed by atoms with E-state index in [1.165, 1.54) is 17.7 Å². The molecule has 0 radical (unpaired) electrons. The summed E-state index contributed by atoms with van der Waals surface area (Å²) in [6.45, 7) is 0.907. The highest BCUT2D eigenvalue weighted by Crippen LogP contribution is 2.27. The van der Waals surface area contributed by atoms with E-state index >= 15 is 0 Å². The SMILES string of the molecule is O=C(Nc1ccc2c(c1)CCN2)c1ccc([N+](=O)[O-])s1. The van der Waals surface area contributed by atoms with Crippen molar-refractivity contribution in [2.75, 3.05) is 17.2 Å². The van der Waals surface area contributed by atoms with E-state index in [0.717, 1.165) is 30.0 Å². The largest absolute Gasteiger partial charge is 0.384 e. The average Bonchev–Trinajstić information content (AvgIpc) is 3.07. The van der Waals surface area contributed by atoms with Crippen molar-refractivity contribution in [2.45, 2.75) is 6.42 Å². The first-order valence-corrected chi connectivity index (χ1v) is 6.87. The average molecular weight is 289 g/mol. The second-order valence-corrected chi connectivity index (χ2v) is 5.46. The Morgan fingerprint density at radius 2 is 2.20 bits per heavy atom. The van der Waals surface area contributed by atoms with Crippen molar-refractivity contribution in [3.8, 4) is 0 Å². The number of thiophene rings is 1. The number of nitrogens with one attached hydrogen (secondary N) is 2. The van der Waals surface area contributed by atoms with Gasteiger partial charge in [-0.2, -0.15) is 0 Å². The summed E-state index contributed by atoms with van der Waals surface area (Å²) in [5, 5.41) is 16.6. The third-order valence-electron chi connectivity index (χ3n) is 3.07. The molecule has 102 valence electrons. The van der Waals surface area contributed by atoms with Gasteiger partial charge in [-0.15, -0.1) is 0 Å². The Hall–Kier alpha value is -2.41. The van der Waals surface area contributed by atoms with Gasteiger partial charge in [0.25, 0.3) is 5.91 Å². The Bertz CT molecular complexity index is 696. The molecule has 0 saturated heterocycles. The van der Waals surface area contributed by atoms with Crippen molar-refractivity contribution in [1.82, 2.24) is 0 Å². The monoisotopic (exact) mass is 289 g/mol. The molecule has 1 aliphatic rings. The number of nitrogens with zero attached hydrogens (tertiary/aromatic N) is 1. The third kappa shape index (κ3) is 2.35. The third-order valence-corrected chi connectivity index (χ3v) is 4.10. The van der Waals surface area contributed by atoms with Crippen LogP contribution < -0.4 is 10.6 Å². The summed E-state index contributed by atoms with van der Waals surface area (Å²) < 4.78 is 0. The van der Waals surface area contributed by atoms with Gasteiger partial charge in [-0.25, -0.2) is 0 Å². The molecule has 2 aromatic rings. The van der Waals surface area contributed by atoms with Crippen LogP contribution in [-0.2, 0) is 6.42 Å². The van der Waals surface area contributed by atoms with E-state index < -0.39 is 4.92 Å². The van der Waals surface area contributed by atoms with Crippen molar-refractivity contribution < 1.29 is 9.72 Å². The summed E-state index contributed by atoms with van der Waals surface area (Å²) in [4.78, 5) is 22.4. The van der Waals surface area contributed by atoms with Gasteiger partial charge in [-0.1, -0.05) is 11.3 Å². The number of hydrogen-bond acceptors (Lipinski definition) is 5. The second-order valence-electron chi connectivity index (χ2n) is 4.40. The topological polar surface area (TPSA) is 84.3 Å². The number of anilines is 2. The minimum absolute atomic E-state index is 0.0340. The Morgan fingerprint density at radius 3 is 2.95 bits per heavy atom. The molecule has 3 rings (SSSR count). The normalized spacial score (nSPS) is 12.6. The number of fused-ring (bicyclic) bond motifs is 1. The molecule has 1 amide bonds. The molecule has 6 nitrogen and oxygen atoms in total.